The zero-order valence-electron chi connectivity index (χ0n) is 14.2. The van der Waals surface area contributed by atoms with Gasteiger partial charge in [-0.3, -0.25) is 4.79 Å². The summed E-state index contributed by atoms with van der Waals surface area (Å²) < 4.78 is 4.86. The quantitative estimate of drug-likeness (QED) is 0.612. The molecule has 0 aliphatic rings. The first-order valence-electron chi connectivity index (χ1n) is 7.83. The van der Waals surface area contributed by atoms with Gasteiger partial charge in [-0.1, -0.05) is 31.5 Å². The second kappa shape index (κ2) is 7.57. The first-order valence-corrected chi connectivity index (χ1v) is 8.21. The third kappa shape index (κ3) is 3.94. The molecule has 0 amide bonds. The van der Waals surface area contributed by atoms with Gasteiger partial charge in [0.1, 0.15) is 17.1 Å². The molecule has 2 N–H and O–H groups in total. The van der Waals surface area contributed by atoms with E-state index in [1.807, 2.05) is 13.8 Å². The summed E-state index contributed by atoms with van der Waals surface area (Å²) in [6, 6.07) is 7.26. The van der Waals surface area contributed by atoms with Crippen molar-refractivity contribution in [2.45, 2.75) is 26.7 Å². The van der Waals surface area contributed by atoms with Crippen LogP contribution in [0.1, 0.15) is 58.5 Å². The maximum Gasteiger partial charge on any atom is 0.341 e. The fourth-order valence-corrected chi connectivity index (χ4v) is 2.56. The summed E-state index contributed by atoms with van der Waals surface area (Å²) in [5.41, 5.74) is 0.860. The van der Waals surface area contributed by atoms with Crippen molar-refractivity contribution in [3.63, 3.8) is 0 Å². The maximum atomic E-state index is 12.8. The van der Waals surface area contributed by atoms with Crippen molar-refractivity contribution in [1.29, 1.82) is 0 Å². The second-order valence-corrected chi connectivity index (χ2v) is 6.24. The minimum Gasteiger partial charge on any atom is -0.507 e. The Kier molecular flexibility index (Phi) is 5.69. The van der Waals surface area contributed by atoms with Gasteiger partial charge in [-0.15, -0.1) is 0 Å². The highest BCUT2D eigenvalue weighted by molar-refractivity contribution is 6.33. The molecule has 0 aliphatic carbocycles. The maximum absolute atomic E-state index is 12.8. The van der Waals surface area contributed by atoms with Crippen molar-refractivity contribution < 1.29 is 24.5 Å². The predicted molar refractivity (Wildman–Crippen MR) is 94.7 cm³/mol. The van der Waals surface area contributed by atoms with Crippen LogP contribution in [0.25, 0.3) is 0 Å². The van der Waals surface area contributed by atoms with Crippen LogP contribution in [0, 0.1) is 0 Å². The van der Waals surface area contributed by atoms with E-state index >= 15 is 0 Å². The summed E-state index contributed by atoms with van der Waals surface area (Å²) in [5, 5.41) is 19.8. The van der Waals surface area contributed by atoms with Crippen LogP contribution in [0.2, 0.25) is 5.02 Å². The smallest absolute Gasteiger partial charge is 0.341 e. The Morgan fingerprint density at radius 3 is 2.40 bits per heavy atom. The molecule has 2 aromatic carbocycles. The Labute approximate surface area is 150 Å². The van der Waals surface area contributed by atoms with Gasteiger partial charge in [0, 0.05) is 5.56 Å². The average molecular weight is 363 g/mol. The topological polar surface area (TPSA) is 83.8 Å². The summed E-state index contributed by atoms with van der Waals surface area (Å²) in [4.78, 5) is 24.7. The number of ether oxygens (including phenoxy) is 1. The van der Waals surface area contributed by atoms with Crippen LogP contribution in [-0.4, -0.2) is 28.6 Å². The van der Waals surface area contributed by atoms with E-state index in [4.69, 9.17) is 16.3 Å². The van der Waals surface area contributed by atoms with Gasteiger partial charge in [-0.25, -0.2) is 4.79 Å². The van der Waals surface area contributed by atoms with Crippen LogP contribution in [0.15, 0.2) is 30.3 Å². The van der Waals surface area contributed by atoms with Gasteiger partial charge in [0.2, 0.25) is 0 Å². The molecule has 0 saturated heterocycles. The number of ketones is 1. The molecule has 0 aliphatic heterocycles. The molecule has 132 valence electrons. The summed E-state index contributed by atoms with van der Waals surface area (Å²) in [6.45, 7) is 5.68. The van der Waals surface area contributed by atoms with Gasteiger partial charge >= 0.3 is 5.97 Å². The average Bonchev–Trinajstić information content (AvgIpc) is 2.56. The molecule has 0 bridgehead atoms. The number of carbonyl (C=O) groups excluding carboxylic acids is 2. The number of carbonyl (C=O) groups is 2. The number of halogens is 1. The SMILES string of the molecule is CCOC(=O)c1cc(C(=O)c2cc(C(C)C)ccc2O)cc(Cl)c1O. The van der Waals surface area contributed by atoms with E-state index in [-0.39, 0.29) is 40.0 Å². The number of benzene rings is 2. The third-order valence-corrected chi connectivity index (χ3v) is 4.04. The van der Waals surface area contributed by atoms with Crippen molar-refractivity contribution in [3.05, 3.63) is 57.6 Å². The van der Waals surface area contributed by atoms with Gasteiger partial charge in [0.15, 0.2) is 5.78 Å². The van der Waals surface area contributed by atoms with Crippen molar-refractivity contribution in [3.8, 4) is 11.5 Å². The highest BCUT2D eigenvalue weighted by Gasteiger charge is 2.22. The van der Waals surface area contributed by atoms with Crippen LogP contribution >= 0.6 is 11.6 Å². The largest absolute Gasteiger partial charge is 0.507 e. The summed E-state index contributed by atoms with van der Waals surface area (Å²) in [7, 11) is 0. The Morgan fingerprint density at radius 2 is 1.80 bits per heavy atom. The molecular formula is C19H19ClO5. The fraction of sp³-hybridized carbons (Fsp3) is 0.263. The summed E-state index contributed by atoms with van der Waals surface area (Å²) >= 11 is 5.94. The second-order valence-electron chi connectivity index (χ2n) is 5.84. The molecule has 6 heteroatoms. The molecule has 0 unspecified atom stereocenters. The Balaban J connectivity index is 2.53. The number of aromatic hydroxyl groups is 2. The molecule has 0 spiro atoms. The van der Waals surface area contributed by atoms with E-state index in [0.717, 1.165) is 5.56 Å². The minimum atomic E-state index is -0.781. The molecule has 0 aromatic heterocycles. The minimum absolute atomic E-state index is 0.0714. The standard InChI is InChI=1S/C19H19ClO5/c1-4-25-19(24)14-8-12(9-15(20)18(14)23)17(22)13-7-11(10(2)3)5-6-16(13)21/h5-10,21,23H,4H2,1-3H3. The molecule has 2 aromatic rings. The first-order chi connectivity index (χ1) is 11.8. The van der Waals surface area contributed by atoms with Crippen molar-refractivity contribution in [2.75, 3.05) is 6.61 Å². The van der Waals surface area contributed by atoms with Crippen LogP contribution in [-0.2, 0) is 4.74 Å². The normalized spacial score (nSPS) is 10.8. The fourth-order valence-electron chi connectivity index (χ4n) is 2.34. The van der Waals surface area contributed by atoms with Crippen LogP contribution < -0.4 is 0 Å². The van der Waals surface area contributed by atoms with Gasteiger partial charge in [-0.05, 0) is 42.7 Å². The van der Waals surface area contributed by atoms with E-state index in [2.05, 4.69) is 0 Å². The number of hydrogen-bond acceptors (Lipinski definition) is 5. The van der Waals surface area contributed by atoms with Crippen molar-refractivity contribution in [1.82, 2.24) is 0 Å². The molecule has 2 rings (SSSR count). The lowest BCUT2D eigenvalue weighted by atomic mass is 9.95. The summed E-state index contributed by atoms with van der Waals surface area (Å²) in [5.74, 6) is -1.73. The van der Waals surface area contributed by atoms with E-state index in [0.29, 0.717) is 0 Å². The Bertz CT molecular complexity index is 827. The number of esters is 1. The summed E-state index contributed by atoms with van der Waals surface area (Å²) in [6.07, 6.45) is 0. The molecular weight excluding hydrogens is 344 g/mol. The van der Waals surface area contributed by atoms with E-state index in [1.165, 1.54) is 18.2 Å². The van der Waals surface area contributed by atoms with Crippen LogP contribution in [0.5, 0.6) is 11.5 Å². The molecule has 0 saturated carbocycles. The van der Waals surface area contributed by atoms with E-state index < -0.39 is 17.5 Å². The van der Waals surface area contributed by atoms with Crippen LogP contribution in [0.4, 0.5) is 0 Å². The molecule has 0 fully saturated rings. The van der Waals surface area contributed by atoms with Crippen molar-refractivity contribution in [2.24, 2.45) is 0 Å². The molecule has 0 atom stereocenters. The number of hydrogen-bond donors (Lipinski definition) is 2. The van der Waals surface area contributed by atoms with Gasteiger partial charge in [0.25, 0.3) is 0 Å². The third-order valence-electron chi connectivity index (χ3n) is 3.75. The Morgan fingerprint density at radius 1 is 1.12 bits per heavy atom. The zero-order chi connectivity index (χ0) is 18.7. The molecule has 5 nitrogen and oxygen atoms in total. The van der Waals surface area contributed by atoms with Gasteiger partial charge in [-0.2, -0.15) is 0 Å². The van der Waals surface area contributed by atoms with Crippen molar-refractivity contribution >= 4 is 23.4 Å². The molecule has 25 heavy (non-hydrogen) atoms. The lowest BCUT2D eigenvalue weighted by Gasteiger charge is -2.12. The highest BCUT2D eigenvalue weighted by atomic mass is 35.5. The van der Waals surface area contributed by atoms with E-state index in [1.54, 1.807) is 19.1 Å². The number of phenols is 2. The molecule has 0 heterocycles. The highest BCUT2D eigenvalue weighted by Crippen LogP contribution is 2.32. The van der Waals surface area contributed by atoms with E-state index in [9.17, 15) is 19.8 Å². The lowest BCUT2D eigenvalue weighted by molar-refractivity contribution is 0.0523. The number of rotatable bonds is 5. The van der Waals surface area contributed by atoms with Crippen LogP contribution in [0.3, 0.4) is 0 Å². The lowest BCUT2D eigenvalue weighted by Crippen LogP contribution is -2.09. The monoisotopic (exact) mass is 362 g/mol. The Hall–Kier alpha value is -2.53. The predicted octanol–water partition coefficient (Wildman–Crippen LogP) is 4.28. The zero-order valence-corrected chi connectivity index (χ0v) is 14.9. The number of phenolic OH excluding ortho intramolecular Hbond substituents is 2. The van der Waals surface area contributed by atoms with Gasteiger partial charge < -0.3 is 14.9 Å². The van der Waals surface area contributed by atoms with Gasteiger partial charge in [0.05, 0.1) is 17.2 Å². The molecule has 0 radical (unpaired) electrons. The first kappa shape index (κ1) is 18.8.